The Morgan fingerprint density at radius 3 is 1.08 bits per heavy atom. The van der Waals surface area contributed by atoms with Gasteiger partial charge in [0.2, 0.25) is 0 Å². The van der Waals surface area contributed by atoms with Crippen LogP contribution in [0, 0.1) is 13.8 Å². The molecule has 0 bridgehead atoms. The number of aryl methyl sites for hydroxylation is 2. The van der Waals surface area contributed by atoms with Gasteiger partial charge in [-0.1, -0.05) is 35.4 Å². The Bertz CT molecular complexity index is 559. The van der Waals surface area contributed by atoms with Crippen molar-refractivity contribution in [1.29, 1.82) is 0 Å². The summed E-state index contributed by atoms with van der Waals surface area (Å²) in [6, 6.07) is 13.5. The SMILES string of the molecule is Cc1ccc(C(=O)O)cc1.Cc1ccc(C(=O)O)cc1.OCCO. The fourth-order valence-electron chi connectivity index (χ4n) is 1.39. The molecule has 0 aromatic heterocycles. The highest BCUT2D eigenvalue weighted by Gasteiger charge is 1.99. The Kier molecular flexibility index (Phi) is 10.5. The van der Waals surface area contributed by atoms with Crippen molar-refractivity contribution in [2.24, 2.45) is 0 Å². The van der Waals surface area contributed by atoms with E-state index in [9.17, 15) is 9.59 Å². The van der Waals surface area contributed by atoms with Gasteiger partial charge in [0, 0.05) is 0 Å². The van der Waals surface area contributed by atoms with Gasteiger partial charge in [-0.2, -0.15) is 0 Å². The molecule has 4 N–H and O–H groups in total. The Morgan fingerprint density at radius 2 is 0.917 bits per heavy atom. The second-order valence-electron chi connectivity index (χ2n) is 4.79. The second kappa shape index (κ2) is 11.8. The first-order valence-electron chi connectivity index (χ1n) is 7.13. The Hall–Kier alpha value is -2.70. The van der Waals surface area contributed by atoms with Crippen LogP contribution in [0.25, 0.3) is 0 Å². The van der Waals surface area contributed by atoms with Crippen molar-refractivity contribution >= 4 is 11.9 Å². The minimum Gasteiger partial charge on any atom is -0.478 e. The van der Waals surface area contributed by atoms with Gasteiger partial charge in [-0.25, -0.2) is 9.59 Å². The maximum absolute atomic E-state index is 10.3. The molecule has 0 radical (unpaired) electrons. The summed E-state index contributed by atoms with van der Waals surface area (Å²) in [5, 5.41) is 32.2. The normalized spacial score (nSPS) is 9.00. The molecular formula is C18H22O6. The van der Waals surface area contributed by atoms with Gasteiger partial charge in [-0.3, -0.25) is 0 Å². The molecule has 0 atom stereocenters. The lowest BCUT2D eigenvalue weighted by atomic mass is 10.2. The molecule has 0 unspecified atom stereocenters. The third-order valence-electron chi connectivity index (χ3n) is 2.70. The lowest BCUT2D eigenvalue weighted by molar-refractivity contribution is 0.0686. The zero-order valence-corrected chi connectivity index (χ0v) is 13.6. The molecule has 2 aromatic rings. The molecule has 130 valence electrons. The molecule has 0 aliphatic rings. The zero-order chi connectivity index (χ0) is 18.5. The lowest BCUT2D eigenvalue weighted by Crippen LogP contribution is -1.94. The van der Waals surface area contributed by atoms with Gasteiger partial charge in [0.15, 0.2) is 0 Å². The number of benzene rings is 2. The standard InChI is InChI=1S/2C8H8O2.C2H6O2/c2*1-6-2-4-7(5-3-6)8(9)10;3-1-2-4/h2*2-5H,1H3,(H,9,10);3-4H,1-2H2. The molecule has 0 spiro atoms. The van der Waals surface area contributed by atoms with Crippen LogP contribution < -0.4 is 0 Å². The van der Waals surface area contributed by atoms with Crippen molar-refractivity contribution in [1.82, 2.24) is 0 Å². The number of carboxylic acids is 2. The molecule has 0 saturated carbocycles. The first-order valence-corrected chi connectivity index (χ1v) is 7.13. The van der Waals surface area contributed by atoms with E-state index in [4.69, 9.17) is 20.4 Å². The largest absolute Gasteiger partial charge is 0.478 e. The van der Waals surface area contributed by atoms with Crippen molar-refractivity contribution in [3.05, 3.63) is 70.8 Å². The van der Waals surface area contributed by atoms with Gasteiger partial charge < -0.3 is 20.4 Å². The number of aromatic carboxylic acids is 2. The highest BCUT2D eigenvalue weighted by Crippen LogP contribution is 2.02. The van der Waals surface area contributed by atoms with Crippen LogP contribution in [0.15, 0.2) is 48.5 Å². The minimum absolute atomic E-state index is 0.125. The van der Waals surface area contributed by atoms with Crippen molar-refractivity contribution in [2.45, 2.75) is 13.8 Å². The molecule has 0 aliphatic carbocycles. The predicted molar refractivity (Wildman–Crippen MR) is 90.4 cm³/mol. The minimum atomic E-state index is -0.875. The fraction of sp³-hybridized carbons (Fsp3) is 0.222. The van der Waals surface area contributed by atoms with Crippen LogP contribution in [0.4, 0.5) is 0 Å². The van der Waals surface area contributed by atoms with Crippen LogP contribution >= 0.6 is 0 Å². The highest BCUT2D eigenvalue weighted by molar-refractivity contribution is 5.87. The highest BCUT2D eigenvalue weighted by atomic mass is 16.4. The smallest absolute Gasteiger partial charge is 0.335 e. The van der Waals surface area contributed by atoms with Crippen molar-refractivity contribution in [2.75, 3.05) is 13.2 Å². The van der Waals surface area contributed by atoms with Gasteiger partial charge in [0.1, 0.15) is 0 Å². The van der Waals surface area contributed by atoms with E-state index >= 15 is 0 Å². The monoisotopic (exact) mass is 334 g/mol. The molecular weight excluding hydrogens is 312 g/mol. The predicted octanol–water partition coefficient (Wildman–Crippen LogP) is 2.36. The van der Waals surface area contributed by atoms with Gasteiger partial charge in [0.05, 0.1) is 24.3 Å². The molecule has 6 heteroatoms. The summed E-state index contributed by atoms with van der Waals surface area (Å²) in [5.41, 5.74) is 2.83. The number of aliphatic hydroxyl groups excluding tert-OH is 2. The van der Waals surface area contributed by atoms with E-state index in [2.05, 4.69) is 0 Å². The summed E-state index contributed by atoms with van der Waals surface area (Å²) >= 11 is 0. The maximum Gasteiger partial charge on any atom is 0.335 e. The first-order chi connectivity index (χ1) is 11.3. The number of hydrogen-bond acceptors (Lipinski definition) is 4. The lowest BCUT2D eigenvalue weighted by Gasteiger charge is -1.92. The molecule has 0 amide bonds. The van der Waals surface area contributed by atoms with E-state index in [0.717, 1.165) is 11.1 Å². The molecule has 2 rings (SSSR count). The summed E-state index contributed by atoms with van der Waals surface area (Å²) in [4.78, 5) is 20.6. The summed E-state index contributed by atoms with van der Waals surface area (Å²) in [5.74, 6) is -1.75. The van der Waals surface area contributed by atoms with Crippen molar-refractivity contribution in [3.63, 3.8) is 0 Å². The van der Waals surface area contributed by atoms with Gasteiger partial charge in [-0.05, 0) is 38.1 Å². The van der Waals surface area contributed by atoms with E-state index in [1.165, 1.54) is 0 Å². The number of aliphatic hydroxyl groups is 2. The molecule has 2 aromatic carbocycles. The summed E-state index contributed by atoms with van der Waals surface area (Å²) in [7, 11) is 0. The molecule has 24 heavy (non-hydrogen) atoms. The van der Waals surface area contributed by atoms with Crippen molar-refractivity contribution in [3.8, 4) is 0 Å². The van der Waals surface area contributed by atoms with E-state index in [-0.39, 0.29) is 13.2 Å². The number of rotatable bonds is 3. The van der Waals surface area contributed by atoms with E-state index in [1.54, 1.807) is 48.5 Å². The number of hydrogen-bond donors (Lipinski definition) is 4. The molecule has 0 saturated heterocycles. The van der Waals surface area contributed by atoms with Crippen LogP contribution in [-0.4, -0.2) is 45.6 Å². The molecule has 0 aliphatic heterocycles. The third-order valence-corrected chi connectivity index (χ3v) is 2.70. The molecule has 0 heterocycles. The summed E-state index contributed by atoms with van der Waals surface area (Å²) in [6.07, 6.45) is 0. The van der Waals surface area contributed by atoms with Crippen LogP contribution in [-0.2, 0) is 0 Å². The van der Waals surface area contributed by atoms with E-state index in [0.29, 0.717) is 11.1 Å². The van der Waals surface area contributed by atoms with Gasteiger partial charge >= 0.3 is 11.9 Å². The van der Waals surface area contributed by atoms with Gasteiger partial charge in [0.25, 0.3) is 0 Å². The van der Waals surface area contributed by atoms with Crippen LogP contribution in [0.5, 0.6) is 0 Å². The third kappa shape index (κ3) is 9.34. The quantitative estimate of drug-likeness (QED) is 0.685. The maximum atomic E-state index is 10.3. The fourth-order valence-corrected chi connectivity index (χ4v) is 1.39. The Labute approximate surface area is 140 Å². The second-order valence-corrected chi connectivity index (χ2v) is 4.79. The first kappa shape index (κ1) is 21.3. The van der Waals surface area contributed by atoms with Gasteiger partial charge in [-0.15, -0.1) is 0 Å². The summed E-state index contributed by atoms with van der Waals surface area (Å²) in [6.45, 7) is 3.59. The Balaban J connectivity index is 0.000000363. The van der Waals surface area contributed by atoms with E-state index < -0.39 is 11.9 Å². The number of carboxylic acid groups (broad SMARTS) is 2. The van der Waals surface area contributed by atoms with Crippen LogP contribution in [0.1, 0.15) is 31.8 Å². The van der Waals surface area contributed by atoms with Crippen LogP contribution in [0.2, 0.25) is 0 Å². The van der Waals surface area contributed by atoms with E-state index in [1.807, 2.05) is 13.8 Å². The van der Waals surface area contributed by atoms with Crippen molar-refractivity contribution < 1.29 is 30.0 Å². The average molecular weight is 334 g/mol. The summed E-state index contributed by atoms with van der Waals surface area (Å²) < 4.78 is 0. The number of carbonyl (C=O) groups is 2. The average Bonchev–Trinajstić information content (AvgIpc) is 2.56. The Morgan fingerprint density at radius 1 is 0.667 bits per heavy atom. The van der Waals surface area contributed by atoms with Crippen LogP contribution in [0.3, 0.4) is 0 Å². The molecule has 0 fully saturated rings. The zero-order valence-electron chi connectivity index (χ0n) is 13.6. The topological polar surface area (TPSA) is 115 Å². The molecule has 6 nitrogen and oxygen atoms in total.